The Hall–Kier alpha value is -2.45. The first-order chi connectivity index (χ1) is 12.0. The maximum absolute atomic E-state index is 13.2. The molecule has 1 aromatic heterocycles. The number of carbonyl (C=O) groups is 1. The summed E-state index contributed by atoms with van der Waals surface area (Å²) >= 11 is 0. The van der Waals surface area contributed by atoms with Crippen LogP contribution in [0.25, 0.3) is 0 Å². The number of hydrogen-bond acceptors (Lipinski definition) is 6. The zero-order chi connectivity index (χ0) is 18.0. The van der Waals surface area contributed by atoms with Crippen LogP contribution in [0.5, 0.6) is 5.75 Å². The van der Waals surface area contributed by atoms with E-state index in [-0.39, 0.29) is 31.3 Å². The number of aryl methyl sites for hydroxylation is 1. The van der Waals surface area contributed by atoms with Gasteiger partial charge in [-0.05, 0) is 19.1 Å². The van der Waals surface area contributed by atoms with Crippen molar-refractivity contribution in [2.24, 2.45) is 0 Å². The van der Waals surface area contributed by atoms with Crippen LogP contribution in [0.4, 0.5) is 4.39 Å². The Labute approximate surface area is 143 Å². The van der Waals surface area contributed by atoms with Gasteiger partial charge in [-0.2, -0.15) is 0 Å². The first-order valence-corrected chi connectivity index (χ1v) is 7.83. The molecule has 1 aliphatic rings. The van der Waals surface area contributed by atoms with Crippen molar-refractivity contribution < 1.29 is 28.3 Å². The third-order valence-electron chi connectivity index (χ3n) is 4.08. The Morgan fingerprint density at radius 1 is 1.48 bits per heavy atom. The van der Waals surface area contributed by atoms with Crippen LogP contribution in [-0.2, 0) is 11.3 Å². The lowest BCUT2D eigenvalue weighted by Crippen LogP contribution is -2.32. The average molecular weight is 350 g/mol. The highest BCUT2D eigenvalue weighted by Gasteiger charge is 2.38. The van der Waals surface area contributed by atoms with Crippen molar-refractivity contribution in [2.75, 3.05) is 20.2 Å². The van der Waals surface area contributed by atoms with E-state index in [1.165, 1.54) is 30.2 Å². The summed E-state index contributed by atoms with van der Waals surface area (Å²) in [5.41, 5.74) is 0.745. The standard InChI is InChI=1S/C17H19FN2O5/c1-10-13(9-23-2)16(19-25-10)17(22)20-7-14(21)15(8-20)24-12-5-3-4-11(18)6-12/h3-6,14-15,21H,7-9H2,1-2H3/t14-,15-/m1/s1. The molecule has 1 N–H and O–H groups in total. The molecule has 0 spiro atoms. The van der Waals surface area contributed by atoms with E-state index >= 15 is 0 Å². The molecule has 2 atom stereocenters. The molecule has 1 fully saturated rings. The monoisotopic (exact) mass is 350 g/mol. The van der Waals surface area contributed by atoms with Gasteiger partial charge in [0.1, 0.15) is 29.5 Å². The number of methoxy groups -OCH3 is 1. The van der Waals surface area contributed by atoms with Gasteiger partial charge in [0.15, 0.2) is 5.69 Å². The van der Waals surface area contributed by atoms with Gasteiger partial charge in [-0.25, -0.2) is 4.39 Å². The number of aliphatic hydroxyl groups excluding tert-OH is 1. The van der Waals surface area contributed by atoms with E-state index in [1.807, 2.05) is 0 Å². The largest absolute Gasteiger partial charge is 0.486 e. The minimum Gasteiger partial charge on any atom is -0.486 e. The summed E-state index contributed by atoms with van der Waals surface area (Å²) in [6, 6.07) is 5.65. The molecule has 1 aromatic carbocycles. The number of β-amino-alcohol motifs (C(OH)–C–C–N with tert-alkyl or cyclic N) is 1. The molecule has 0 aliphatic carbocycles. The number of amides is 1. The van der Waals surface area contributed by atoms with Crippen LogP contribution in [0.3, 0.4) is 0 Å². The van der Waals surface area contributed by atoms with E-state index in [1.54, 1.807) is 13.0 Å². The summed E-state index contributed by atoms with van der Waals surface area (Å²) in [6.07, 6.45) is -1.53. The van der Waals surface area contributed by atoms with E-state index in [4.69, 9.17) is 14.0 Å². The van der Waals surface area contributed by atoms with Crippen molar-refractivity contribution in [3.63, 3.8) is 0 Å². The Balaban J connectivity index is 1.71. The zero-order valence-corrected chi connectivity index (χ0v) is 13.9. The molecule has 134 valence electrons. The van der Waals surface area contributed by atoms with Crippen LogP contribution >= 0.6 is 0 Å². The van der Waals surface area contributed by atoms with E-state index in [0.717, 1.165) is 0 Å². The van der Waals surface area contributed by atoms with Gasteiger partial charge in [0.2, 0.25) is 0 Å². The summed E-state index contributed by atoms with van der Waals surface area (Å²) in [7, 11) is 1.52. The molecule has 3 rings (SSSR count). The van der Waals surface area contributed by atoms with Crippen molar-refractivity contribution >= 4 is 5.91 Å². The summed E-state index contributed by atoms with van der Waals surface area (Å²) in [5.74, 6) is 0.0155. The average Bonchev–Trinajstić information content (AvgIpc) is 3.11. The number of aliphatic hydroxyl groups is 1. The predicted molar refractivity (Wildman–Crippen MR) is 84.7 cm³/mol. The quantitative estimate of drug-likeness (QED) is 0.880. The van der Waals surface area contributed by atoms with Gasteiger partial charge in [0, 0.05) is 13.2 Å². The van der Waals surface area contributed by atoms with Gasteiger partial charge in [-0.1, -0.05) is 11.2 Å². The van der Waals surface area contributed by atoms with Gasteiger partial charge >= 0.3 is 0 Å². The highest BCUT2D eigenvalue weighted by Crippen LogP contribution is 2.23. The number of nitrogens with zero attached hydrogens (tertiary/aromatic N) is 2. The first kappa shape index (κ1) is 17.4. The number of hydrogen-bond donors (Lipinski definition) is 1. The Kier molecular flexibility index (Phi) is 5.00. The fraction of sp³-hybridized carbons (Fsp3) is 0.412. The maximum Gasteiger partial charge on any atom is 0.276 e. The molecule has 8 heteroatoms. The van der Waals surface area contributed by atoms with Crippen LogP contribution < -0.4 is 4.74 Å². The second-order valence-corrected chi connectivity index (χ2v) is 5.89. The van der Waals surface area contributed by atoms with Crippen LogP contribution in [-0.4, -0.2) is 53.5 Å². The maximum atomic E-state index is 13.2. The van der Waals surface area contributed by atoms with Gasteiger partial charge in [0.25, 0.3) is 5.91 Å². The normalized spacial score (nSPS) is 20.1. The van der Waals surface area contributed by atoms with Crippen molar-refractivity contribution in [1.82, 2.24) is 10.1 Å². The number of carbonyl (C=O) groups excluding carboxylic acids is 1. The molecule has 0 radical (unpaired) electrons. The van der Waals surface area contributed by atoms with Gasteiger partial charge in [-0.3, -0.25) is 4.79 Å². The molecule has 25 heavy (non-hydrogen) atoms. The van der Waals surface area contributed by atoms with Gasteiger partial charge in [-0.15, -0.1) is 0 Å². The van der Waals surface area contributed by atoms with Crippen molar-refractivity contribution in [3.8, 4) is 5.75 Å². The van der Waals surface area contributed by atoms with Crippen LogP contribution in [0.2, 0.25) is 0 Å². The van der Waals surface area contributed by atoms with E-state index in [2.05, 4.69) is 5.16 Å². The third kappa shape index (κ3) is 3.64. The molecule has 7 nitrogen and oxygen atoms in total. The zero-order valence-electron chi connectivity index (χ0n) is 13.9. The summed E-state index contributed by atoms with van der Waals surface area (Å²) < 4.78 is 29.0. The summed E-state index contributed by atoms with van der Waals surface area (Å²) in [5, 5.41) is 14.0. The molecule has 0 saturated carbocycles. The predicted octanol–water partition coefficient (Wildman–Crippen LogP) is 1.53. The highest BCUT2D eigenvalue weighted by atomic mass is 19.1. The lowest BCUT2D eigenvalue weighted by atomic mass is 10.2. The SMILES string of the molecule is COCc1c(C(=O)N2C[C@@H](O)[C@H](Oc3cccc(F)c3)C2)noc1C. The van der Waals surface area contributed by atoms with E-state index in [0.29, 0.717) is 17.1 Å². The Morgan fingerprint density at radius 3 is 3.00 bits per heavy atom. The van der Waals surface area contributed by atoms with Crippen LogP contribution in [0.1, 0.15) is 21.8 Å². The number of aromatic nitrogens is 1. The minimum absolute atomic E-state index is 0.0944. The summed E-state index contributed by atoms with van der Waals surface area (Å²) in [6.45, 7) is 2.16. The molecule has 1 aliphatic heterocycles. The van der Waals surface area contributed by atoms with Crippen LogP contribution in [0.15, 0.2) is 28.8 Å². The van der Waals surface area contributed by atoms with E-state index in [9.17, 15) is 14.3 Å². The second kappa shape index (κ2) is 7.20. The molecular weight excluding hydrogens is 331 g/mol. The molecule has 0 unspecified atom stereocenters. The van der Waals surface area contributed by atoms with Crippen molar-refractivity contribution in [2.45, 2.75) is 25.7 Å². The molecular formula is C17H19FN2O5. The number of rotatable bonds is 5. The number of ether oxygens (including phenoxy) is 2. The third-order valence-corrected chi connectivity index (χ3v) is 4.08. The highest BCUT2D eigenvalue weighted by molar-refractivity contribution is 5.94. The second-order valence-electron chi connectivity index (χ2n) is 5.89. The first-order valence-electron chi connectivity index (χ1n) is 7.83. The smallest absolute Gasteiger partial charge is 0.276 e. The molecule has 1 saturated heterocycles. The van der Waals surface area contributed by atoms with Crippen molar-refractivity contribution in [3.05, 3.63) is 47.1 Å². The Morgan fingerprint density at radius 2 is 2.28 bits per heavy atom. The summed E-state index contributed by atoms with van der Waals surface area (Å²) in [4.78, 5) is 14.1. The lowest BCUT2D eigenvalue weighted by Gasteiger charge is -2.17. The molecule has 2 heterocycles. The Bertz CT molecular complexity index is 763. The molecule has 0 bridgehead atoms. The minimum atomic E-state index is -0.883. The van der Waals surface area contributed by atoms with Crippen LogP contribution in [0, 0.1) is 12.7 Å². The molecule has 1 amide bonds. The fourth-order valence-electron chi connectivity index (χ4n) is 2.78. The van der Waals surface area contributed by atoms with Gasteiger partial charge in [0.05, 0.1) is 25.3 Å². The van der Waals surface area contributed by atoms with Gasteiger partial charge < -0.3 is 24.0 Å². The number of likely N-dealkylation sites (tertiary alicyclic amines) is 1. The number of halogens is 1. The fourth-order valence-corrected chi connectivity index (χ4v) is 2.78. The number of benzene rings is 1. The molecule has 2 aromatic rings. The topological polar surface area (TPSA) is 85.0 Å². The lowest BCUT2D eigenvalue weighted by molar-refractivity contribution is 0.0725. The van der Waals surface area contributed by atoms with Crippen molar-refractivity contribution in [1.29, 1.82) is 0 Å². The van der Waals surface area contributed by atoms with E-state index < -0.39 is 18.0 Å².